The van der Waals surface area contributed by atoms with E-state index < -0.39 is 0 Å². The van der Waals surface area contributed by atoms with Gasteiger partial charge in [-0.25, -0.2) is 0 Å². The molecule has 6 heteroatoms. The number of ketones is 2. The molecule has 0 aliphatic carbocycles. The van der Waals surface area contributed by atoms with Crippen molar-refractivity contribution in [2.45, 2.75) is 0 Å². The lowest BCUT2D eigenvalue weighted by Crippen LogP contribution is -1.83. The van der Waals surface area contributed by atoms with Crippen molar-refractivity contribution in [3.8, 4) is 23.0 Å². The molecule has 4 aromatic carbocycles. The maximum Gasteiger partial charge on any atom is 0.178 e. The average molecular weight is 585 g/mol. The molecule has 0 aromatic heterocycles. The summed E-state index contributed by atoms with van der Waals surface area (Å²) in [6, 6.07) is 26.8. The number of phenols is 4. The highest BCUT2D eigenvalue weighted by Crippen LogP contribution is 2.13. The Balaban J connectivity index is 0.000000240. The van der Waals surface area contributed by atoms with Gasteiger partial charge in [-0.2, -0.15) is 0 Å². The second-order valence-corrected chi connectivity index (χ2v) is 9.27. The van der Waals surface area contributed by atoms with Gasteiger partial charge in [-0.1, -0.05) is 97.1 Å². The summed E-state index contributed by atoms with van der Waals surface area (Å²) in [5, 5.41) is 36.7. The van der Waals surface area contributed by atoms with Gasteiger partial charge in [-0.05, 0) is 95.1 Å². The number of aromatic hydroxyl groups is 4. The highest BCUT2D eigenvalue weighted by Gasteiger charge is 1.93. The number of rotatable bonds is 10. The maximum absolute atomic E-state index is 11.6. The van der Waals surface area contributed by atoms with Gasteiger partial charge in [0, 0.05) is 0 Å². The Morgan fingerprint density at radius 2 is 0.591 bits per heavy atom. The van der Waals surface area contributed by atoms with Crippen LogP contribution in [0.3, 0.4) is 0 Å². The van der Waals surface area contributed by atoms with Crippen molar-refractivity contribution in [2.24, 2.45) is 0 Å². The van der Waals surface area contributed by atoms with Crippen molar-refractivity contribution in [1.29, 1.82) is 0 Å². The fraction of sp³-hybridized carbons (Fsp3) is 0. The molecule has 0 spiro atoms. The molecule has 0 aliphatic rings. The Bertz CT molecular complexity index is 1540. The Kier molecular flexibility index (Phi) is 13.0. The second kappa shape index (κ2) is 17.6. The third-order valence-corrected chi connectivity index (χ3v) is 5.77. The molecule has 0 amide bonds. The molecule has 0 heterocycles. The molecule has 0 bridgehead atoms. The molecule has 44 heavy (non-hydrogen) atoms. The molecule has 0 radical (unpaired) electrons. The third-order valence-electron chi connectivity index (χ3n) is 5.77. The van der Waals surface area contributed by atoms with Gasteiger partial charge in [0.05, 0.1) is 0 Å². The van der Waals surface area contributed by atoms with Crippen LogP contribution in [-0.4, -0.2) is 32.0 Å². The van der Waals surface area contributed by atoms with E-state index in [0.29, 0.717) is 0 Å². The second-order valence-electron chi connectivity index (χ2n) is 9.27. The number of hydrogen-bond donors (Lipinski definition) is 4. The fourth-order valence-corrected chi connectivity index (χ4v) is 3.44. The topological polar surface area (TPSA) is 115 Å². The maximum atomic E-state index is 11.6. The number of carbonyl (C=O) groups is 2. The molecular weight excluding hydrogens is 552 g/mol. The van der Waals surface area contributed by atoms with Crippen LogP contribution in [0.1, 0.15) is 22.3 Å². The highest BCUT2D eigenvalue weighted by atomic mass is 16.3. The lowest BCUT2D eigenvalue weighted by atomic mass is 10.2. The summed E-state index contributed by atoms with van der Waals surface area (Å²) in [7, 11) is 0. The predicted molar refractivity (Wildman–Crippen MR) is 177 cm³/mol. The van der Waals surface area contributed by atoms with Crippen LogP contribution in [0.2, 0.25) is 0 Å². The van der Waals surface area contributed by atoms with Gasteiger partial charge >= 0.3 is 0 Å². The van der Waals surface area contributed by atoms with Gasteiger partial charge in [0.2, 0.25) is 0 Å². The van der Waals surface area contributed by atoms with Crippen LogP contribution in [0.25, 0.3) is 24.3 Å². The largest absolute Gasteiger partial charge is 0.508 e. The summed E-state index contributed by atoms with van der Waals surface area (Å²) in [6.07, 6.45) is 19.8. The van der Waals surface area contributed by atoms with Gasteiger partial charge in [0.25, 0.3) is 0 Å². The molecule has 0 aliphatic heterocycles. The normalized spacial score (nSPS) is 11.6. The van der Waals surface area contributed by atoms with E-state index in [9.17, 15) is 9.59 Å². The standard InChI is InChI=1S/2C19H16O3/c2*20-17(10-7-16-8-13-19(22)14-9-16)4-2-1-3-15-5-11-18(21)12-6-15/h2*1-14,21-22H. The number of carbonyl (C=O) groups excluding carboxylic acids is 2. The Morgan fingerprint density at radius 3 is 0.864 bits per heavy atom. The zero-order valence-electron chi connectivity index (χ0n) is 23.8. The summed E-state index contributed by atoms with van der Waals surface area (Å²) in [6.45, 7) is 0. The van der Waals surface area contributed by atoms with E-state index in [1.165, 1.54) is 24.3 Å². The zero-order chi connectivity index (χ0) is 31.6. The van der Waals surface area contributed by atoms with Gasteiger partial charge in [0.1, 0.15) is 23.0 Å². The molecule has 6 nitrogen and oxygen atoms in total. The molecule has 4 aromatic rings. The average Bonchev–Trinajstić information content (AvgIpc) is 3.03. The van der Waals surface area contributed by atoms with Crippen LogP contribution in [0, 0.1) is 0 Å². The molecule has 0 unspecified atom stereocenters. The van der Waals surface area contributed by atoms with Gasteiger partial charge < -0.3 is 20.4 Å². The van der Waals surface area contributed by atoms with E-state index >= 15 is 0 Å². The first-order valence-corrected chi connectivity index (χ1v) is 13.6. The number of phenolic OH excluding ortho intramolecular Hbond substituents is 4. The lowest BCUT2D eigenvalue weighted by Gasteiger charge is -1.93. The first-order valence-electron chi connectivity index (χ1n) is 13.6. The summed E-state index contributed by atoms with van der Waals surface area (Å²) >= 11 is 0. The van der Waals surface area contributed by atoms with Gasteiger partial charge in [-0.3, -0.25) is 9.59 Å². The van der Waals surface area contributed by atoms with E-state index in [4.69, 9.17) is 20.4 Å². The lowest BCUT2D eigenvalue weighted by molar-refractivity contribution is -0.111. The van der Waals surface area contributed by atoms with Crippen LogP contribution in [0.15, 0.2) is 146 Å². The van der Waals surface area contributed by atoms with Gasteiger partial charge in [0.15, 0.2) is 11.6 Å². The Hall–Kier alpha value is -6.14. The minimum atomic E-state index is -0.122. The SMILES string of the molecule is O=C(C=CC=Cc1ccc(O)cc1)C=Cc1ccc(O)cc1.O=C(C=CC=Cc1ccc(O)cc1)C=Cc1ccc(O)cc1. The van der Waals surface area contributed by atoms with Crippen molar-refractivity contribution in [1.82, 2.24) is 0 Å². The van der Waals surface area contributed by atoms with Crippen LogP contribution in [0.4, 0.5) is 0 Å². The van der Waals surface area contributed by atoms with Crippen LogP contribution >= 0.6 is 0 Å². The third kappa shape index (κ3) is 13.0. The predicted octanol–water partition coefficient (Wildman–Crippen LogP) is 7.90. The van der Waals surface area contributed by atoms with Crippen LogP contribution in [-0.2, 0) is 9.59 Å². The number of allylic oxidation sites excluding steroid dienone is 8. The Labute approximate surface area is 256 Å². The summed E-state index contributed by atoms with van der Waals surface area (Å²) in [5.41, 5.74) is 3.57. The first-order chi connectivity index (χ1) is 21.3. The van der Waals surface area contributed by atoms with E-state index in [2.05, 4.69) is 0 Å². The van der Waals surface area contributed by atoms with Crippen molar-refractivity contribution in [3.05, 3.63) is 168 Å². The first kappa shape index (κ1) is 32.4. The van der Waals surface area contributed by atoms with Crippen molar-refractivity contribution in [2.75, 3.05) is 0 Å². The fourth-order valence-electron chi connectivity index (χ4n) is 3.44. The van der Waals surface area contributed by atoms with E-state index in [0.717, 1.165) is 22.3 Å². The van der Waals surface area contributed by atoms with Gasteiger partial charge in [-0.15, -0.1) is 0 Å². The molecule has 0 saturated carbocycles. The molecule has 0 fully saturated rings. The van der Waals surface area contributed by atoms with Crippen molar-refractivity contribution in [3.63, 3.8) is 0 Å². The Morgan fingerprint density at radius 1 is 0.341 bits per heavy atom. The molecule has 0 atom stereocenters. The summed E-state index contributed by atoms with van der Waals surface area (Å²) in [4.78, 5) is 23.3. The highest BCUT2D eigenvalue weighted by molar-refractivity contribution is 6.02. The summed E-state index contributed by atoms with van der Waals surface area (Å²) < 4.78 is 0. The van der Waals surface area contributed by atoms with Crippen molar-refractivity contribution < 1.29 is 30.0 Å². The minimum Gasteiger partial charge on any atom is -0.508 e. The minimum absolute atomic E-state index is 0.122. The quantitative estimate of drug-likeness (QED) is 0.111. The molecular formula is C38H32O6. The smallest absolute Gasteiger partial charge is 0.178 e. The van der Waals surface area contributed by atoms with E-state index in [1.807, 2.05) is 12.2 Å². The summed E-state index contributed by atoms with van der Waals surface area (Å²) in [5.74, 6) is 0.599. The van der Waals surface area contributed by atoms with Crippen molar-refractivity contribution >= 4 is 35.9 Å². The molecule has 4 rings (SSSR count). The van der Waals surface area contributed by atoms with Crippen LogP contribution in [0.5, 0.6) is 23.0 Å². The van der Waals surface area contributed by atoms with E-state index in [1.54, 1.807) is 134 Å². The monoisotopic (exact) mass is 584 g/mol. The van der Waals surface area contributed by atoms with E-state index in [-0.39, 0.29) is 34.6 Å². The molecule has 220 valence electrons. The zero-order valence-corrected chi connectivity index (χ0v) is 23.8. The number of benzene rings is 4. The number of hydrogen-bond acceptors (Lipinski definition) is 6. The molecule has 0 saturated heterocycles. The van der Waals surface area contributed by atoms with Crippen LogP contribution < -0.4 is 0 Å². The molecule has 4 N–H and O–H groups in total.